The van der Waals surface area contributed by atoms with Gasteiger partial charge in [0.1, 0.15) is 0 Å². The maximum absolute atomic E-state index is 13.1. The lowest BCUT2D eigenvalue weighted by Crippen LogP contribution is -2.27. The Morgan fingerprint density at radius 1 is 0.893 bits per heavy atom. The molecular weight excluding hydrogens is 350 g/mol. The third kappa shape index (κ3) is 2.91. The molecule has 1 amide bonds. The van der Waals surface area contributed by atoms with Crippen molar-refractivity contribution in [2.75, 3.05) is 12.1 Å². The van der Waals surface area contributed by atoms with Crippen LogP contribution in [-0.4, -0.2) is 12.7 Å². The molecule has 0 radical (unpaired) electrons. The van der Waals surface area contributed by atoms with E-state index in [9.17, 15) is 4.79 Å². The second kappa shape index (κ2) is 6.41. The largest absolute Gasteiger partial charge is 0.454 e. The number of benzene rings is 3. The van der Waals surface area contributed by atoms with Crippen LogP contribution in [0.4, 0.5) is 5.69 Å². The van der Waals surface area contributed by atoms with E-state index in [1.807, 2.05) is 36.4 Å². The van der Waals surface area contributed by atoms with Crippen molar-refractivity contribution in [2.24, 2.45) is 0 Å². The lowest BCUT2D eigenvalue weighted by Gasteiger charge is -2.17. The average molecular weight is 371 g/mol. The Balaban J connectivity index is 1.39. The molecule has 5 rings (SSSR count). The van der Waals surface area contributed by atoms with Gasteiger partial charge in [-0.15, -0.1) is 0 Å². The lowest BCUT2D eigenvalue weighted by molar-refractivity contribution is -0.118. The molecule has 0 aromatic heterocycles. The molecule has 1 saturated carbocycles. The molecule has 0 spiro atoms. The Labute approximate surface area is 164 Å². The zero-order chi connectivity index (χ0) is 19.1. The maximum atomic E-state index is 13.1. The van der Waals surface area contributed by atoms with Crippen LogP contribution in [0, 0.1) is 6.92 Å². The topological polar surface area (TPSA) is 47.6 Å². The van der Waals surface area contributed by atoms with Crippen LogP contribution < -0.4 is 14.8 Å². The van der Waals surface area contributed by atoms with Gasteiger partial charge in [-0.05, 0) is 60.7 Å². The highest BCUT2D eigenvalue weighted by Crippen LogP contribution is 2.51. The fourth-order valence-electron chi connectivity index (χ4n) is 3.82. The highest BCUT2D eigenvalue weighted by Gasteiger charge is 2.51. The van der Waals surface area contributed by atoms with Gasteiger partial charge in [0.05, 0.1) is 5.41 Å². The van der Waals surface area contributed by atoms with Crippen LogP contribution in [0.3, 0.4) is 0 Å². The number of carbonyl (C=O) groups excluding carboxylic acids is 1. The fourth-order valence-corrected chi connectivity index (χ4v) is 3.82. The Morgan fingerprint density at radius 2 is 1.64 bits per heavy atom. The molecule has 0 unspecified atom stereocenters. The molecule has 2 aliphatic rings. The molecule has 140 valence electrons. The number of hydrogen-bond acceptors (Lipinski definition) is 3. The molecule has 0 saturated heterocycles. The maximum Gasteiger partial charge on any atom is 0.235 e. The van der Waals surface area contributed by atoms with Crippen LogP contribution >= 0.6 is 0 Å². The van der Waals surface area contributed by atoms with Gasteiger partial charge in [-0.3, -0.25) is 4.79 Å². The number of rotatable bonds is 4. The first-order chi connectivity index (χ1) is 13.6. The lowest BCUT2D eigenvalue weighted by atomic mass is 9.94. The molecule has 4 heteroatoms. The number of nitrogens with one attached hydrogen (secondary N) is 1. The Hall–Kier alpha value is -3.27. The molecule has 1 aliphatic carbocycles. The van der Waals surface area contributed by atoms with E-state index < -0.39 is 5.41 Å². The van der Waals surface area contributed by atoms with E-state index in [1.165, 1.54) is 5.56 Å². The minimum absolute atomic E-state index is 0.0350. The van der Waals surface area contributed by atoms with Crippen LogP contribution in [0.15, 0.2) is 66.7 Å². The minimum atomic E-state index is -0.472. The van der Waals surface area contributed by atoms with Crippen LogP contribution in [0.1, 0.15) is 24.0 Å². The highest BCUT2D eigenvalue weighted by molar-refractivity contribution is 6.01. The molecule has 1 aliphatic heterocycles. The SMILES string of the molecule is Cc1cccc(-c2cccc(NC(=O)C3(c4ccc5c(c4)OCO5)CC3)c2)c1. The van der Waals surface area contributed by atoms with E-state index >= 15 is 0 Å². The number of aryl methyl sites for hydroxylation is 1. The molecular formula is C24H21NO3. The van der Waals surface area contributed by atoms with E-state index in [2.05, 4.69) is 42.6 Å². The number of hydrogen-bond donors (Lipinski definition) is 1. The van der Waals surface area contributed by atoms with Crippen molar-refractivity contribution in [1.82, 2.24) is 0 Å². The van der Waals surface area contributed by atoms with E-state index in [4.69, 9.17) is 9.47 Å². The summed E-state index contributed by atoms with van der Waals surface area (Å²) in [5, 5.41) is 3.12. The molecule has 0 bridgehead atoms. The van der Waals surface area contributed by atoms with Crippen molar-refractivity contribution < 1.29 is 14.3 Å². The summed E-state index contributed by atoms with van der Waals surface area (Å²) in [6.07, 6.45) is 1.69. The highest BCUT2D eigenvalue weighted by atomic mass is 16.7. The first kappa shape index (κ1) is 16.9. The van der Waals surface area contributed by atoms with Crippen molar-refractivity contribution in [3.8, 4) is 22.6 Å². The monoisotopic (exact) mass is 371 g/mol. The van der Waals surface area contributed by atoms with Crippen molar-refractivity contribution in [3.63, 3.8) is 0 Å². The van der Waals surface area contributed by atoms with E-state index in [0.29, 0.717) is 0 Å². The van der Waals surface area contributed by atoms with Crippen molar-refractivity contribution in [2.45, 2.75) is 25.2 Å². The standard InChI is InChI=1S/C24H21NO3/c1-16-4-2-5-17(12-16)18-6-3-7-20(13-18)25-23(26)24(10-11-24)19-8-9-21-22(14-19)28-15-27-21/h2-9,12-14H,10-11,15H2,1H3,(H,25,26). The van der Waals surface area contributed by atoms with Gasteiger partial charge in [-0.1, -0.05) is 48.0 Å². The van der Waals surface area contributed by atoms with Crippen molar-refractivity contribution in [3.05, 3.63) is 77.9 Å². The summed E-state index contributed by atoms with van der Waals surface area (Å²) in [6, 6.07) is 22.2. The molecule has 3 aromatic carbocycles. The average Bonchev–Trinajstić information content (AvgIpc) is 3.39. The summed E-state index contributed by atoms with van der Waals surface area (Å²) in [5.41, 5.74) is 4.79. The van der Waals surface area contributed by atoms with Crippen molar-refractivity contribution >= 4 is 11.6 Å². The van der Waals surface area contributed by atoms with E-state index in [1.54, 1.807) is 0 Å². The number of ether oxygens (including phenoxy) is 2. The Morgan fingerprint density at radius 3 is 2.43 bits per heavy atom. The first-order valence-electron chi connectivity index (χ1n) is 9.53. The summed E-state index contributed by atoms with van der Waals surface area (Å²) in [5.74, 6) is 1.50. The van der Waals surface area contributed by atoms with Crippen molar-refractivity contribution in [1.29, 1.82) is 0 Å². The molecule has 1 heterocycles. The fraction of sp³-hybridized carbons (Fsp3) is 0.208. The summed E-state index contributed by atoms with van der Waals surface area (Å²) in [6.45, 7) is 2.32. The number of amides is 1. The number of carbonyl (C=O) groups is 1. The van der Waals surface area contributed by atoms with Crippen LogP contribution in [0.2, 0.25) is 0 Å². The summed E-state index contributed by atoms with van der Waals surface area (Å²) < 4.78 is 10.9. The van der Waals surface area contributed by atoms with Gasteiger partial charge in [-0.2, -0.15) is 0 Å². The number of anilines is 1. The molecule has 1 N–H and O–H groups in total. The number of fused-ring (bicyclic) bond motifs is 1. The summed E-state index contributed by atoms with van der Waals surface area (Å²) >= 11 is 0. The summed E-state index contributed by atoms with van der Waals surface area (Å²) in [4.78, 5) is 13.1. The van der Waals surface area contributed by atoms with E-state index in [-0.39, 0.29) is 12.7 Å². The Kier molecular flexibility index (Phi) is 3.86. The zero-order valence-corrected chi connectivity index (χ0v) is 15.7. The van der Waals surface area contributed by atoms with Gasteiger partial charge in [0.15, 0.2) is 11.5 Å². The smallest absolute Gasteiger partial charge is 0.235 e. The summed E-state index contributed by atoms with van der Waals surface area (Å²) in [7, 11) is 0. The molecule has 3 aromatic rings. The molecule has 0 atom stereocenters. The second-order valence-electron chi connectivity index (χ2n) is 7.55. The predicted molar refractivity (Wildman–Crippen MR) is 109 cm³/mol. The molecule has 1 fully saturated rings. The first-order valence-corrected chi connectivity index (χ1v) is 9.53. The third-order valence-corrected chi connectivity index (χ3v) is 5.58. The van der Waals surface area contributed by atoms with Gasteiger partial charge in [-0.25, -0.2) is 0 Å². The van der Waals surface area contributed by atoms with Gasteiger partial charge in [0.25, 0.3) is 0 Å². The van der Waals surface area contributed by atoms with Gasteiger partial charge >= 0.3 is 0 Å². The minimum Gasteiger partial charge on any atom is -0.454 e. The van der Waals surface area contributed by atoms with Crippen LogP contribution in [0.25, 0.3) is 11.1 Å². The second-order valence-corrected chi connectivity index (χ2v) is 7.55. The van der Waals surface area contributed by atoms with E-state index in [0.717, 1.165) is 46.7 Å². The Bertz CT molecular complexity index is 1070. The molecule has 28 heavy (non-hydrogen) atoms. The zero-order valence-electron chi connectivity index (χ0n) is 15.7. The van der Waals surface area contributed by atoms with Gasteiger partial charge in [0.2, 0.25) is 12.7 Å². The van der Waals surface area contributed by atoms with Crippen LogP contribution in [-0.2, 0) is 10.2 Å². The van der Waals surface area contributed by atoms with Crippen LogP contribution in [0.5, 0.6) is 11.5 Å². The normalized spacial score (nSPS) is 15.9. The predicted octanol–water partition coefficient (Wildman–Crippen LogP) is 5.06. The quantitative estimate of drug-likeness (QED) is 0.697. The third-order valence-electron chi connectivity index (χ3n) is 5.58. The van der Waals surface area contributed by atoms with Gasteiger partial charge < -0.3 is 14.8 Å². The molecule has 4 nitrogen and oxygen atoms in total. The van der Waals surface area contributed by atoms with Gasteiger partial charge in [0, 0.05) is 5.69 Å².